The second-order valence-electron chi connectivity index (χ2n) is 5.09. The van der Waals surface area contributed by atoms with Crippen molar-refractivity contribution in [3.05, 3.63) is 29.8 Å². The summed E-state index contributed by atoms with van der Waals surface area (Å²) >= 11 is 0. The number of hydrogen-bond donors (Lipinski definition) is 2. The topological polar surface area (TPSA) is 61.8 Å². The molecule has 1 heterocycles. The summed E-state index contributed by atoms with van der Waals surface area (Å²) in [6, 6.07) is 7.85. The minimum Gasteiger partial charge on any atom is -0.394 e. The molecule has 0 radical (unpaired) electrons. The van der Waals surface area contributed by atoms with Crippen LogP contribution in [-0.4, -0.2) is 50.0 Å². The maximum Gasteiger partial charge on any atom is 0.224 e. The third-order valence-electron chi connectivity index (χ3n) is 3.36. The van der Waals surface area contributed by atoms with Crippen LogP contribution in [0.2, 0.25) is 0 Å². The number of rotatable bonds is 5. The molecule has 5 heteroatoms. The Hall–Kier alpha value is -1.59. The molecule has 5 nitrogen and oxygen atoms in total. The van der Waals surface area contributed by atoms with E-state index in [0.717, 1.165) is 31.9 Å². The molecule has 1 fully saturated rings. The van der Waals surface area contributed by atoms with Gasteiger partial charge < -0.3 is 20.1 Å². The molecular formula is C15H22N2O3. The van der Waals surface area contributed by atoms with Crippen LogP contribution in [0.3, 0.4) is 0 Å². The number of benzene rings is 1. The van der Waals surface area contributed by atoms with Crippen molar-refractivity contribution in [1.29, 1.82) is 0 Å². The maximum absolute atomic E-state index is 11.7. The number of nitrogens with zero attached hydrogens (tertiary/aromatic N) is 1. The number of aliphatic hydroxyl groups excluding tert-OH is 1. The molecule has 1 aliphatic rings. The van der Waals surface area contributed by atoms with E-state index in [4.69, 9.17) is 9.84 Å². The molecule has 0 bridgehead atoms. The predicted molar refractivity (Wildman–Crippen MR) is 77.9 cm³/mol. The van der Waals surface area contributed by atoms with Crippen molar-refractivity contribution in [2.24, 2.45) is 0 Å². The van der Waals surface area contributed by atoms with E-state index < -0.39 is 0 Å². The summed E-state index contributed by atoms with van der Waals surface area (Å²) in [6.45, 7) is 5.09. The first kappa shape index (κ1) is 14.8. The van der Waals surface area contributed by atoms with Gasteiger partial charge in [0.2, 0.25) is 5.91 Å². The summed E-state index contributed by atoms with van der Waals surface area (Å²) in [6.07, 6.45) is 0.341. The van der Waals surface area contributed by atoms with E-state index in [1.165, 1.54) is 5.69 Å². The largest absolute Gasteiger partial charge is 0.394 e. The van der Waals surface area contributed by atoms with E-state index in [0.29, 0.717) is 6.42 Å². The lowest BCUT2D eigenvalue weighted by Gasteiger charge is -2.28. The molecule has 110 valence electrons. The average molecular weight is 278 g/mol. The molecule has 2 rings (SSSR count). The predicted octanol–water partition coefficient (Wildman–Crippen LogP) is 0.563. The van der Waals surface area contributed by atoms with Gasteiger partial charge in [-0.15, -0.1) is 0 Å². The standard InChI is InChI=1S/C15H22N2O3/c1-12(11-18)16-15(19)10-13-2-4-14(5-3-13)17-6-8-20-9-7-17/h2-5,12,18H,6-11H2,1H3,(H,16,19). The molecule has 1 aromatic carbocycles. The molecule has 2 N–H and O–H groups in total. The maximum atomic E-state index is 11.7. The highest BCUT2D eigenvalue weighted by Crippen LogP contribution is 2.16. The highest BCUT2D eigenvalue weighted by Gasteiger charge is 2.11. The fourth-order valence-electron chi connectivity index (χ4n) is 2.20. The van der Waals surface area contributed by atoms with Crippen LogP contribution in [0.1, 0.15) is 12.5 Å². The quantitative estimate of drug-likeness (QED) is 0.826. The van der Waals surface area contributed by atoms with Crippen LogP contribution in [0, 0.1) is 0 Å². The van der Waals surface area contributed by atoms with Crippen molar-refractivity contribution < 1.29 is 14.6 Å². The summed E-state index contributed by atoms with van der Waals surface area (Å²) in [5, 5.41) is 11.6. The van der Waals surface area contributed by atoms with Crippen molar-refractivity contribution in [3.8, 4) is 0 Å². The van der Waals surface area contributed by atoms with Gasteiger partial charge in [0.25, 0.3) is 0 Å². The summed E-state index contributed by atoms with van der Waals surface area (Å²) in [5.41, 5.74) is 2.14. The average Bonchev–Trinajstić information content (AvgIpc) is 2.48. The SMILES string of the molecule is CC(CO)NC(=O)Cc1ccc(N2CCOCC2)cc1. The Morgan fingerprint density at radius 1 is 1.35 bits per heavy atom. The molecule has 20 heavy (non-hydrogen) atoms. The van der Waals surface area contributed by atoms with Gasteiger partial charge in [0, 0.05) is 24.8 Å². The Kier molecular flexibility index (Phi) is 5.38. The third kappa shape index (κ3) is 4.21. The fraction of sp³-hybridized carbons (Fsp3) is 0.533. The van der Waals surface area contributed by atoms with Gasteiger partial charge in [-0.1, -0.05) is 12.1 Å². The van der Waals surface area contributed by atoms with Crippen LogP contribution in [-0.2, 0) is 16.0 Å². The van der Waals surface area contributed by atoms with E-state index >= 15 is 0 Å². The van der Waals surface area contributed by atoms with Crippen LogP contribution in [0.15, 0.2) is 24.3 Å². The van der Waals surface area contributed by atoms with Gasteiger partial charge in [-0.3, -0.25) is 4.79 Å². The van der Waals surface area contributed by atoms with Crippen molar-refractivity contribution in [1.82, 2.24) is 5.32 Å². The van der Waals surface area contributed by atoms with Crippen molar-refractivity contribution in [2.75, 3.05) is 37.8 Å². The van der Waals surface area contributed by atoms with Crippen LogP contribution in [0.25, 0.3) is 0 Å². The molecule has 1 aromatic rings. The van der Waals surface area contributed by atoms with E-state index in [1.807, 2.05) is 24.3 Å². The molecule has 1 atom stereocenters. The van der Waals surface area contributed by atoms with Gasteiger partial charge in [0.15, 0.2) is 0 Å². The number of carbonyl (C=O) groups is 1. The number of hydrogen-bond acceptors (Lipinski definition) is 4. The van der Waals surface area contributed by atoms with Gasteiger partial charge in [-0.05, 0) is 24.6 Å². The molecule has 1 unspecified atom stereocenters. The van der Waals surface area contributed by atoms with Crippen molar-refractivity contribution in [3.63, 3.8) is 0 Å². The minimum absolute atomic E-state index is 0.0400. The van der Waals surface area contributed by atoms with Crippen LogP contribution >= 0.6 is 0 Å². The van der Waals surface area contributed by atoms with Gasteiger partial charge in [0.1, 0.15) is 0 Å². The molecule has 1 saturated heterocycles. The number of carbonyl (C=O) groups excluding carboxylic acids is 1. The molecule has 0 spiro atoms. The number of nitrogens with one attached hydrogen (secondary N) is 1. The lowest BCUT2D eigenvalue weighted by molar-refractivity contribution is -0.121. The molecule has 0 saturated carbocycles. The lowest BCUT2D eigenvalue weighted by atomic mass is 10.1. The van der Waals surface area contributed by atoms with Crippen LogP contribution < -0.4 is 10.2 Å². The Labute approximate surface area is 119 Å². The number of anilines is 1. The minimum atomic E-state index is -0.199. The lowest BCUT2D eigenvalue weighted by Crippen LogP contribution is -2.36. The Morgan fingerprint density at radius 3 is 2.60 bits per heavy atom. The fourth-order valence-corrected chi connectivity index (χ4v) is 2.20. The van der Waals surface area contributed by atoms with Crippen LogP contribution in [0.5, 0.6) is 0 Å². The normalized spacial score (nSPS) is 16.8. The zero-order valence-electron chi connectivity index (χ0n) is 11.8. The van der Waals surface area contributed by atoms with Crippen molar-refractivity contribution >= 4 is 11.6 Å². The summed E-state index contributed by atoms with van der Waals surface area (Å²) in [4.78, 5) is 14.0. The summed E-state index contributed by atoms with van der Waals surface area (Å²) in [7, 11) is 0. The van der Waals surface area contributed by atoms with Gasteiger partial charge in [0.05, 0.1) is 26.2 Å². The molecular weight excluding hydrogens is 256 g/mol. The number of aliphatic hydroxyl groups is 1. The van der Waals surface area contributed by atoms with Gasteiger partial charge in [-0.25, -0.2) is 0 Å². The number of morpholine rings is 1. The Morgan fingerprint density at radius 2 is 2.00 bits per heavy atom. The van der Waals surface area contributed by atoms with E-state index in [-0.39, 0.29) is 18.6 Å². The summed E-state index contributed by atoms with van der Waals surface area (Å²) in [5.74, 6) is -0.0642. The first-order valence-corrected chi connectivity index (χ1v) is 7.01. The number of ether oxygens (including phenoxy) is 1. The van der Waals surface area contributed by atoms with Crippen molar-refractivity contribution in [2.45, 2.75) is 19.4 Å². The Bertz CT molecular complexity index is 427. The van der Waals surface area contributed by atoms with Crippen LogP contribution in [0.4, 0.5) is 5.69 Å². The third-order valence-corrected chi connectivity index (χ3v) is 3.36. The molecule has 0 aliphatic carbocycles. The number of amides is 1. The molecule has 1 amide bonds. The molecule has 0 aromatic heterocycles. The van der Waals surface area contributed by atoms with E-state index in [2.05, 4.69) is 10.2 Å². The first-order valence-electron chi connectivity index (χ1n) is 7.01. The second kappa shape index (κ2) is 7.26. The summed E-state index contributed by atoms with van der Waals surface area (Å²) < 4.78 is 5.33. The zero-order chi connectivity index (χ0) is 14.4. The highest BCUT2D eigenvalue weighted by atomic mass is 16.5. The van der Waals surface area contributed by atoms with Gasteiger partial charge in [-0.2, -0.15) is 0 Å². The monoisotopic (exact) mass is 278 g/mol. The van der Waals surface area contributed by atoms with Gasteiger partial charge >= 0.3 is 0 Å². The highest BCUT2D eigenvalue weighted by molar-refractivity contribution is 5.79. The van der Waals surface area contributed by atoms with E-state index in [9.17, 15) is 4.79 Å². The Balaban J connectivity index is 1.89. The molecule has 1 aliphatic heterocycles. The second-order valence-corrected chi connectivity index (χ2v) is 5.09. The first-order chi connectivity index (χ1) is 9.69. The smallest absolute Gasteiger partial charge is 0.224 e. The van der Waals surface area contributed by atoms with E-state index in [1.54, 1.807) is 6.92 Å². The zero-order valence-corrected chi connectivity index (χ0v) is 11.8.